The van der Waals surface area contributed by atoms with Crippen molar-refractivity contribution >= 4 is 22.3 Å². The predicted molar refractivity (Wildman–Crippen MR) is 57.8 cm³/mol. The predicted octanol–water partition coefficient (Wildman–Crippen LogP) is 1.70. The Bertz CT molecular complexity index is 617. The van der Waals surface area contributed by atoms with Gasteiger partial charge in [-0.05, 0) is 6.92 Å². The number of aliphatic carboxylic acids is 1. The zero-order valence-electron chi connectivity index (χ0n) is 8.93. The van der Waals surface area contributed by atoms with Gasteiger partial charge < -0.3 is 5.11 Å². The third kappa shape index (κ3) is 3.55. The molecule has 0 bridgehead atoms. The second kappa shape index (κ2) is 5.17. The fourth-order valence-electron chi connectivity index (χ4n) is 0.948. The van der Waals surface area contributed by atoms with E-state index in [1.165, 1.54) is 23.6 Å². The van der Waals surface area contributed by atoms with Crippen molar-refractivity contribution in [1.82, 2.24) is 9.38 Å². The lowest BCUT2D eigenvalue weighted by Crippen LogP contribution is -2.21. The smallest absolute Gasteiger partial charge is 0.475 e. The Morgan fingerprint density at radius 2 is 2.06 bits per heavy atom. The van der Waals surface area contributed by atoms with Gasteiger partial charge in [0.25, 0.3) is 5.56 Å². The summed E-state index contributed by atoms with van der Waals surface area (Å²) in [5.74, 6) is -2.76. The first kappa shape index (κ1) is 14.2. The number of halogens is 3. The zero-order valence-corrected chi connectivity index (χ0v) is 9.75. The molecular formula is C9H7F3N2O3S. The van der Waals surface area contributed by atoms with E-state index < -0.39 is 12.1 Å². The molecule has 0 aliphatic carbocycles. The number of thiazole rings is 1. The molecule has 2 aromatic rings. The molecule has 2 aromatic heterocycles. The zero-order chi connectivity index (χ0) is 13.9. The van der Waals surface area contributed by atoms with Gasteiger partial charge in [-0.3, -0.25) is 9.20 Å². The van der Waals surface area contributed by atoms with Crippen molar-refractivity contribution in [3.05, 3.63) is 33.7 Å². The first-order valence-electron chi connectivity index (χ1n) is 4.45. The molecular weight excluding hydrogens is 273 g/mol. The molecule has 0 amide bonds. The highest BCUT2D eigenvalue weighted by Crippen LogP contribution is 2.13. The van der Waals surface area contributed by atoms with E-state index in [2.05, 4.69) is 4.98 Å². The molecule has 1 N–H and O–H groups in total. The average molecular weight is 280 g/mol. The Morgan fingerprint density at radius 1 is 1.50 bits per heavy atom. The summed E-state index contributed by atoms with van der Waals surface area (Å²) in [4.78, 5) is 25.9. The van der Waals surface area contributed by atoms with Crippen LogP contribution in [-0.4, -0.2) is 26.6 Å². The van der Waals surface area contributed by atoms with E-state index in [1.807, 2.05) is 6.92 Å². The highest BCUT2D eigenvalue weighted by Gasteiger charge is 2.38. The molecule has 0 atom stereocenters. The van der Waals surface area contributed by atoms with Crippen molar-refractivity contribution in [3.63, 3.8) is 0 Å². The summed E-state index contributed by atoms with van der Waals surface area (Å²) < 4.78 is 33.3. The van der Waals surface area contributed by atoms with Crippen LogP contribution in [0.25, 0.3) is 4.96 Å². The van der Waals surface area contributed by atoms with Gasteiger partial charge in [0.05, 0.1) is 0 Å². The monoisotopic (exact) mass is 280 g/mol. The minimum Gasteiger partial charge on any atom is -0.475 e. The normalized spacial score (nSPS) is 10.9. The summed E-state index contributed by atoms with van der Waals surface area (Å²) in [6.07, 6.45) is -1.75. The van der Waals surface area contributed by atoms with Crippen LogP contribution in [0.4, 0.5) is 13.2 Å². The molecule has 5 nitrogen and oxygen atoms in total. The van der Waals surface area contributed by atoms with Crippen molar-refractivity contribution in [1.29, 1.82) is 0 Å². The van der Waals surface area contributed by atoms with Gasteiger partial charge in [-0.1, -0.05) is 0 Å². The van der Waals surface area contributed by atoms with Crippen LogP contribution < -0.4 is 5.56 Å². The number of fused-ring (bicyclic) bond motifs is 1. The molecule has 9 heteroatoms. The van der Waals surface area contributed by atoms with E-state index >= 15 is 0 Å². The second-order valence-corrected chi connectivity index (χ2v) is 4.29. The molecule has 0 radical (unpaired) electrons. The Kier molecular flexibility index (Phi) is 4.07. The van der Waals surface area contributed by atoms with Crippen molar-refractivity contribution in [2.24, 2.45) is 0 Å². The number of hydrogen-bond donors (Lipinski definition) is 1. The van der Waals surface area contributed by atoms with Crippen LogP contribution in [0.1, 0.15) is 4.88 Å². The average Bonchev–Trinajstić information content (AvgIpc) is 2.59. The minimum absolute atomic E-state index is 0.0145. The number of carbonyl (C=O) groups is 1. The highest BCUT2D eigenvalue weighted by molar-refractivity contribution is 7.16. The summed E-state index contributed by atoms with van der Waals surface area (Å²) in [5.41, 5.74) is -0.0145. The van der Waals surface area contributed by atoms with E-state index in [0.717, 1.165) is 9.84 Å². The lowest BCUT2D eigenvalue weighted by Gasteiger charge is -1.93. The molecule has 0 aliphatic heterocycles. The standard InChI is InChI=1S/C7H6N2OS.C2HF3O2/c1-5-4-9-6(10)2-3-8-7(9)11-5;3-2(4,5)1(6)7/h2-4H,1H3;(H,6,7). The molecule has 0 fully saturated rings. The summed E-state index contributed by atoms with van der Waals surface area (Å²) in [7, 11) is 0. The molecule has 0 saturated heterocycles. The van der Waals surface area contributed by atoms with E-state index in [1.54, 1.807) is 10.6 Å². The Labute approximate surface area is 102 Å². The number of alkyl halides is 3. The number of carboxylic acids is 1. The lowest BCUT2D eigenvalue weighted by molar-refractivity contribution is -0.192. The fourth-order valence-corrected chi connectivity index (χ4v) is 1.75. The molecule has 0 aliphatic rings. The van der Waals surface area contributed by atoms with Gasteiger partial charge in [-0.15, -0.1) is 11.3 Å². The third-order valence-electron chi connectivity index (χ3n) is 1.65. The maximum atomic E-state index is 11.1. The minimum atomic E-state index is -5.08. The quantitative estimate of drug-likeness (QED) is 0.797. The molecule has 0 unspecified atom stereocenters. The Morgan fingerprint density at radius 3 is 2.50 bits per heavy atom. The van der Waals surface area contributed by atoms with Crippen LogP contribution in [-0.2, 0) is 4.79 Å². The van der Waals surface area contributed by atoms with Crippen molar-refractivity contribution < 1.29 is 23.1 Å². The molecule has 2 rings (SSSR count). The lowest BCUT2D eigenvalue weighted by atomic mass is 10.6. The maximum absolute atomic E-state index is 11.1. The van der Waals surface area contributed by atoms with E-state index in [0.29, 0.717) is 0 Å². The van der Waals surface area contributed by atoms with Crippen LogP contribution in [0.2, 0.25) is 0 Å². The molecule has 18 heavy (non-hydrogen) atoms. The SMILES string of the molecule is Cc1cn2c(=O)ccnc2s1.O=C(O)C(F)(F)F. The van der Waals surface area contributed by atoms with Gasteiger partial charge in [0, 0.05) is 23.3 Å². The molecule has 0 aromatic carbocycles. The van der Waals surface area contributed by atoms with Crippen molar-refractivity contribution in [2.45, 2.75) is 13.1 Å². The number of hydrogen-bond acceptors (Lipinski definition) is 4. The van der Waals surface area contributed by atoms with Gasteiger partial charge in [0.2, 0.25) is 0 Å². The summed E-state index contributed by atoms with van der Waals surface area (Å²) in [6, 6.07) is 1.46. The third-order valence-corrected chi connectivity index (χ3v) is 2.56. The number of rotatable bonds is 0. The summed E-state index contributed by atoms with van der Waals surface area (Å²) in [5, 5.41) is 7.12. The maximum Gasteiger partial charge on any atom is 0.490 e. The second-order valence-electron chi connectivity index (χ2n) is 3.08. The number of carboxylic acid groups (broad SMARTS) is 1. The first-order valence-corrected chi connectivity index (χ1v) is 5.27. The van der Waals surface area contributed by atoms with Crippen LogP contribution in [0, 0.1) is 6.92 Å². The van der Waals surface area contributed by atoms with Gasteiger partial charge in [0.1, 0.15) is 0 Å². The Hall–Kier alpha value is -1.90. The van der Waals surface area contributed by atoms with Crippen LogP contribution in [0.5, 0.6) is 0 Å². The first-order chi connectivity index (χ1) is 8.21. The molecule has 0 saturated carbocycles. The molecule has 98 valence electrons. The van der Waals surface area contributed by atoms with E-state index in [9.17, 15) is 18.0 Å². The topological polar surface area (TPSA) is 71.7 Å². The van der Waals surface area contributed by atoms with Crippen molar-refractivity contribution in [2.75, 3.05) is 0 Å². The molecule has 2 heterocycles. The van der Waals surface area contributed by atoms with Crippen LogP contribution in [0.3, 0.4) is 0 Å². The summed E-state index contributed by atoms with van der Waals surface area (Å²) >= 11 is 1.52. The van der Waals surface area contributed by atoms with Crippen LogP contribution in [0.15, 0.2) is 23.3 Å². The fraction of sp³-hybridized carbons (Fsp3) is 0.222. The van der Waals surface area contributed by atoms with Crippen LogP contribution >= 0.6 is 11.3 Å². The number of aromatic nitrogens is 2. The van der Waals surface area contributed by atoms with Gasteiger partial charge in [0.15, 0.2) is 4.96 Å². The van der Waals surface area contributed by atoms with E-state index in [-0.39, 0.29) is 5.56 Å². The van der Waals surface area contributed by atoms with Gasteiger partial charge >= 0.3 is 12.1 Å². The van der Waals surface area contributed by atoms with E-state index in [4.69, 9.17) is 9.90 Å². The van der Waals surface area contributed by atoms with Gasteiger partial charge in [-0.25, -0.2) is 9.78 Å². The number of aryl methyl sites for hydroxylation is 1. The number of nitrogens with zero attached hydrogens (tertiary/aromatic N) is 2. The van der Waals surface area contributed by atoms with Gasteiger partial charge in [-0.2, -0.15) is 13.2 Å². The van der Waals surface area contributed by atoms with Crippen molar-refractivity contribution in [3.8, 4) is 0 Å². The Balaban J connectivity index is 0.000000203. The highest BCUT2D eigenvalue weighted by atomic mass is 32.1. The summed E-state index contributed by atoms with van der Waals surface area (Å²) in [6.45, 7) is 1.96. The largest absolute Gasteiger partial charge is 0.490 e. The molecule has 0 spiro atoms.